The number of hydrogen-bond acceptors (Lipinski definition) is 4. The first kappa shape index (κ1) is 15.5. The smallest absolute Gasteiger partial charge is 0.375 e. The van der Waals surface area contributed by atoms with Crippen LogP contribution in [0.3, 0.4) is 0 Å². The molecule has 6 nitrogen and oxygen atoms in total. The Morgan fingerprint density at radius 1 is 1.24 bits per heavy atom. The lowest BCUT2D eigenvalue weighted by Crippen LogP contribution is -1.99. The summed E-state index contributed by atoms with van der Waals surface area (Å²) in [6, 6.07) is 2.08. The highest BCUT2D eigenvalue weighted by Crippen LogP contribution is 2.45. The van der Waals surface area contributed by atoms with Crippen LogP contribution >= 0.6 is 38.6 Å². The quantitative estimate of drug-likeness (QED) is 0.500. The van der Waals surface area contributed by atoms with Gasteiger partial charge in [-0.25, -0.2) is 0 Å². The molecule has 0 saturated carbocycles. The highest BCUT2D eigenvalue weighted by atomic mass is 79.9. The molecule has 1 aromatic carbocycles. The third-order valence-electron chi connectivity index (χ3n) is 1.48. The zero-order valence-electron chi connectivity index (χ0n) is 7.74. The van der Waals surface area contributed by atoms with E-state index < -0.39 is 16.8 Å². The Morgan fingerprint density at radius 3 is 1.94 bits per heavy atom. The van der Waals surface area contributed by atoms with Crippen molar-refractivity contribution in [2.45, 2.75) is 4.90 Å². The van der Waals surface area contributed by atoms with Crippen LogP contribution in [0.15, 0.2) is 26.0 Å². The van der Waals surface area contributed by atoms with Crippen molar-refractivity contribution in [3.63, 3.8) is 0 Å². The fourth-order valence-corrected chi connectivity index (χ4v) is 3.98. The molecule has 11 heteroatoms. The minimum atomic E-state index is -4.37. The van der Waals surface area contributed by atoms with Crippen LogP contribution in [-0.4, -0.2) is 22.8 Å². The average Bonchev–Trinajstić information content (AvgIpc) is 2.07. The summed E-state index contributed by atoms with van der Waals surface area (Å²) in [5, 5.41) is 0. The molecule has 0 bridgehead atoms. The van der Waals surface area contributed by atoms with Crippen LogP contribution in [0.2, 0.25) is 0 Å². The van der Waals surface area contributed by atoms with Crippen molar-refractivity contribution in [2.75, 3.05) is 0 Å². The normalized spacial score (nSPS) is 12.5. The van der Waals surface area contributed by atoms with Crippen molar-refractivity contribution in [3.05, 3.63) is 21.1 Å². The van der Waals surface area contributed by atoms with Gasteiger partial charge in [-0.3, -0.25) is 4.55 Å². The van der Waals surface area contributed by atoms with E-state index in [9.17, 15) is 8.42 Å². The van der Waals surface area contributed by atoms with E-state index in [0.29, 0.717) is 0 Å². The molecule has 0 amide bonds. The Bertz CT molecular complexity index is 572. The largest absolute Gasteiger partial charge is 0.422 e. The first-order valence-electron chi connectivity index (χ1n) is 3.72. The summed E-state index contributed by atoms with van der Waals surface area (Å²) in [4.78, 5) is 17.6. The van der Waals surface area contributed by atoms with E-state index in [0.717, 1.165) is 12.1 Å². The van der Waals surface area contributed by atoms with Crippen LogP contribution in [0.5, 0.6) is 5.75 Å². The van der Waals surface area contributed by atoms with Crippen molar-refractivity contribution in [1.29, 1.82) is 0 Å². The minimum absolute atomic E-state index is 0.0641. The van der Waals surface area contributed by atoms with Gasteiger partial charge in [0, 0.05) is 11.8 Å². The van der Waals surface area contributed by atoms with Gasteiger partial charge < -0.3 is 14.3 Å². The monoisotopic (exact) mass is 426 g/mol. The zero-order chi connectivity index (χ0) is 13.4. The molecular weight excluding hydrogens is 423 g/mol. The fourth-order valence-electron chi connectivity index (χ4n) is 0.892. The van der Waals surface area contributed by atoms with Crippen molar-refractivity contribution in [1.82, 2.24) is 0 Å². The van der Waals surface area contributed by atoms with E-state index in [-0.39, 0.29) is 19.6 Å². The number of halogens is 2. The first-order chi connectivity index (χ1) is 7.50. The zero-order valence-corrected chi connectivity index (χ0v) is 13.4. The molecule has 17 heavy (non-hydrogen) atoms. The number of hydrogen-bond donors (Lipinski definition) is 3. The second-order valence-corrected chi connectivity index (χ2v) is 8.49. The van der Waals surface area contributed by atoms with Crippen molar-refractivity contribution in [2.24, 2.45) is 0 Å². The van der Waals surface area contributed by atoms with E-state index in [1.54, 1.807) is 0 Å². The molecule has 0 aliphatic heterocycles. The third-order valence-corrected chi connectivity index (χ3v) is 4.13. The first-order valence-corrected chi connectivity index (χ1v) is 9.37. The fraction of sp³-hybridized carbons (Fsp3) is 0. The average molecular weight is 428 g/mol. The van der Waals surface area contributed by atoms with Crippen molar-refractivity contribution in [3.8, 4) is 5.75 Å². The molecule has 0 unspecified atom stereocenters. The van der Waals surface area contributed by atoms with Gasteiger partial charge in [0.25, 0.3) is 10.1 Å². The molecule has 0 saturated heterocycles. The van der Waals surface area contributed by atoms with Crippen LogP contribution in [0.1, 0.15) is 0 Å². The number of benzene rings is 1. The maximum absolute atomic E-state index is 10.9. The van der Waals surface area contributed by atoms with Crippen LogP contribution in [0, 0.1) is 0 Å². The van der Waals surface area contributed by atoms with Crippen LogP contribution in [-0.2, 0) is 21.9 Å². The summed E-state index contributed by atoms with van der Waals surface area (Å²) in [7, 11) is -4.37. The lowest BCUT2D eigenvalue weighted by molar-refractivity contribution is 0.368. The minimum Gasteiger partial charge on any atom is -0.422 e. The predicted molar refractivity (Wildman–Crippen MR) is 71.0 cm³/mol. The van der Waals surface area contributed by atoms with Crippen molar-refractivity contribution < 1.29 is 27.3 Å². The standard InChI is InChI=1S/C6H5Br2O6PS2/c7-4-1-3(17(11,12)13)2-5(8)6(4)14-15(9,10)16/h1-2H,(H2,9,10,16)(H,11,12,13). The molecule has 0 fully saturated rings. The Balaban J connectivity index is 3.35. The summed E-state index contributed by atoms with van der Waals surface area (Å²) in [5.41, 5.74) is 0. The molecule has 0 aromatic heterocycles. The van der Waals surface area contributed by atoms with Gasteiger partial charge in [-0.05, 0) is 44.0 Å². The van der Waals surface area contributed by atoms with E-state index in [1.807, 2.05) is 0 Å². The maximum Gasteiger partial charge on any atom is 0.375 e. The molecule has 0 atom stereocenters. The van der Waals surface area contributed by atoms with Gasteiger partial charge in [0.2, 0.25) is 0 Å². The topological polar surface area (TPSA) is 104 Å². The highest BCUT2D eigenvalue weighted by Gasteiger charge is 2.20. The lowest BCUT2D eigenvalue weighted by atomic mass is 10.3. The van der Waals surface area contributed by atoms with Gasteiger partial charge in [-0.1, -0.05) is 0 Å². The van der Waals surface area contributed by atoms with Gasteiger partial charge in [-0.15, -0.1) is 0 Å². The molecule has 0 aliphatic rings. The summed E-state index contributed by atoms with van der Waals surface area (Å²) in [6.45, 7) is -3.94. The van der Waals surface area contributed by atoms with E-state index in [1.165, 1.54) is 0 Å². The second kappa shape index (κ2) is 5.22. The highest BCUT2D eigenvalue weighted by molar-refractivity contribution is 9.11. The van der Waals surface area contributed by atoms with E-state index in [4.69, 9.17) is 18.9 Å². The van der Waals surface area contributed by atoms with E-state index >= 15 is 0 Å². The van der Waals surface area contributed by atoms with Gasteiger partial charge in [0.1, 0.15) is 0 Å². The molecule has 0 radical (unpaired) electrons. The maximum atomic E-state index is 10.9. The van der Waals surface area contributed by atoms with Gasteiger partial charge in [0.15, 0.2) is 5.75 Å². The second-order valence-electron chi connectivity index (χ2n) is 2.77. The summed E-state index contributed by atoms with van der Waals surface area (Å²) in [5.74, 6) is -0.0641. The Labute approximate surface area is 119 Å². The van der Waals surface area contributed by atoms with Crippen molar-refractivity contribution >= 4 is 60.5 Å². The Hall–Kier alpha value is 0.460. The molecule has 96 valence electrons. The molecule has 1 aromatic rings. The third kappa shape index (κ3) is 4.56. The Morgan fingerprint density at radius 2 is 1.65 bits per heavy atom. The van der Waals surface area contributed by atoms with Crippen LogP contribution in [0.4, 0.5) is 0 Å². The van der Waals surface area contributed by atoms with Gasteiger partial charge in [-0.2, -0.15) is 8.42 Å². The molecule has 0 spiro atoms. The Kier molecular flexibility index (Phi) is 4.76. The van der Waals surface area contributed by atoms with Gasteiger partial charge >= 0.3 is 6.72 Å². The van der Waals surface area contributed by atoms with Crippen LogP contribution < -0.4 is 4.52 Å². The molecule has 0 aliphatic carbocycles. The SMILES string of the molecule is O=S(=O)(O)c1cc(Br)c(OP(O)(O)=S)c(Br)c1. The van der Waals surface area contributed by atoms with E-state index in [2.05, 4.69) is 43.7 Å². The summed E-state index contributed by atoms with van der Waals surface area (Å²) < 4.78 is 35.5. The van der Waals surface area contributed by atoms with Gasteiger partial charge in [0.05, 0.1) is 13.8 Å². The van der Waals surface area contributed by atoms with Crippen LogP contribution in [0.25, 0.3) is 0 Å². The molecule has 0 heterocycles. The molecule has 1 rings (SSSR count). The number of rotatable bonds is 3. The summed E-state index contributed by atoms with van der Waals surface area (Å²) >= 11 is 10.2. The molecular formula is C6H5Br2O6PS2. The lowest BCUT2D eigenvalue weighted by Gasteiger charge is -2.13. The molecule has 3 N–H and O–H groups in total. The summed E-state index contributed by atoms with van der Waals surface area (Å²) in [6.07, 6.45) is 0. The predicted octanol–water partition coefficient (Wildman–Crippen LogP) is 2.05.